The Morgan fingerprint density at radius 1 is 1.55 bits per heavy atom. The normalized spacial score (nSPS) is 10.7. The second-order valence-electron chi connectivity index (χ2n) is 2.39. The van der Waals surface area contributed by atoms with Gasteiger partial charge in [0.05, 0.1) is 15.2 Å². The van der Waals surface area contributed by atoms with Crippen LogP contribution in [0.5, 0.6) is 0 Å². The molecular formula is C8H6ClNS. The van der Waals surface area contributed by atoms with E-state index in [1.807, 2.05) is 18.4 Å². The Kier molecular flexibility index (Phi) is 1.59. The third-order valence-electron chi connectivity index (χ3n) is 1.59. The van der Waals surface area contributed by atoms with Crippen LogP contribution in [0.3, 0.4) is 0 Å². The predicted octanol–water partition coefficient (Wildman–Crippen LogP) is 3.26. The lowest BCUT2D eigenvalue weighted by Gasteiger charge is -1.95. The first-order chi connectivity index (χ1) is 5.29. The van der Waals surface area contributed by atoms with Gasteiger partial charge in [0.2, 0.25) is 0 Å². The van der Waals surface area contributed by atoms with E-state index in [2.05, 4.69) is 4.98 Å². The Bertz CT molecular complexity index is 394. The van der Waals surface area contributed by atoms with Gasteiger partial charge in [0.25, 0.3) is 0 Å². The fourth-order valence-electron chi connectivity index (χ4n) is 0.971. The summed E-state index contributed by atoms with van der Waals surface area (Å²) in [6.07, 6.45) is 1.80. The van der Waals surface area contributed by atoms with Crippen LogP contribution in [0.4, 0.5) is 0 Å². The van der Waals surface area contributed by atoms with Gasteiger partial charge in [0.1, 0.15) is 0 Å². The number of pyridine rings is 1. The number of fused-ring (bicyclic) bond motifs is 1. The summed E-state index contributed by atoms with van der Waals surface area (Å²) in [5, 5.41) is 2.84. The molecule has 0 saturated heterocycles. The topological polar surface area (TPSA) is 12.9 Å². The van der Waals surface area contributed by atoms with E-state index in [1.54, 1.807) is 17.5 Å². The molecule has 0 fully saturated rings. The molecule has 0 radical (unpaired) electrons. The molecule has 56 valence electrons. The summed E-state index contributed by atoms with van der Waals surface area (Å²) in [6, 6.07) is 1.98. The molecule has 2 heterocycles. The molecule has 0 unspecified atom stereocenters. The summed E-state index contributed by atoms with van der Waals surface area (Å²) in [5.74, 6) is 0. The van der Waals surface area contributed by atoms with E-state index in [1.165, 1.54) is 0 Å². The van der Waals surface area contributed by atoms with E-state index >= 15 is 0 Å². The van der Waals surface area contributed by atoms with E-state index in [-0.39, 0.29) is 0 Å². The molecule has 0 amide bonds. The molecule has 0 atom stereocenters. The van der Waals surface area contributed by atoms with Crippen LogP contribution in [0, 0.1) is 6.92 Å². The number of rotatable bonds is 0. The minimum Gasteiger partial charge on any atom is -0.255 e. The molecular weight excluding hydrogens is 178 g/mol. The van der Waals surface area contributed by atoms with Crippen molar-refractivity contribution in [3.63, 3.8) is 0 Å². The lowest BCUT2D eigenvalue weighted by molar-refractivity contribution is 1.34. The van der Waals surface area contributed by atoms with Crippen molar-refractivity contribution in [2.24, 2.45) is 0 Å². The summed E-state index contributed by atoms with van der Waals surface area (Å²) in [6.45, 7) is 1.97. The molecule has 1 nitrogen and oxygen atoms in total. The number of nitrogens with zero attached hydrogens (tertiary/aromatic N) is 1. The Hall–Kier alpha value is -0.600. The number of hydrogen-bond donors (Lipinski definition) is 0. The van der Waals surface area contributed by atoms with Gasteiger partial charge in [-0.25, -0.2) is 0 Å². The number of aromatic nitrogens is 1. The summed E-state index contributed by atoms with van der Waals surface area (Å²) in [7, 11) is 0. The first-order valence-corrected chi connectivity index (χ1v) is 4.53. The van der Waals surface area contributed by atoms with Crippen molar-refractivity contribution in [2.75, 3.05) is 0 Å². The highest BCUT2D eigenvalue weighted by Crippen LogP contribution is 2.29. The van der Waals surface area contributed by atoms with Gasteiger partial charge in [-0.2, -0.15) is 0 Å². The van der Waals surface area contributed by atoms with Gasteiger partial charge in [-0.15, -0.1) is 11.3 Å². The SMILES string of the molecule is Cc1cnc2ccsc2c1Cl. The van der Waals surface area contributed by atoms with E-state index < -0.39 is 0 Å². The Morgan fingerprint density at radius 2 is 2.36 bits per heavy atom. The quantitative estimate of drug-likeness (QED) is 0.611. The Labute approximate surface area is 73.6 Å². The molecule has 0 aromatic carbocycles. The predicted molar refractivity (Wildman–Crippen MR) is 49.4 cm³/mol. The fourth-order valence-corrected chi connectivity index (χ4v) is 2.09. The van der Waals surface area contributed by atoms with Gasteiger partial charge in [0, 0.05) is 6.20 Å². The zero-order valence-electron chi connectivity index (χ0n) is 5.97. The Morgan fingerprint density at radius 3 is 3.18 bits per heavy atom. The van der Waals surface area contributed by atoms with Crippen molar-refractivity contribution in [3.8, 4) is 0 Å². The van der Waals surface area contributed by atoms with Crippen molar-refractivity contribution in [1.29, 1.82) is 0 Å². The molecule has 11 heavy (non-hydrogen) atoms. The van der Waals surface area contributed by atoms with Gasteiger partial charge in [-0.3, -0.25) is 4.98 Å². The zero-order chi connectivity index (χ0) is 7.84. The molecule has 0 bridgehead atoms. The average molecular weight is 184 g/mol. The second-order valence-corrected chi connectivity index (χ2v) is 3.68. The monoisotopic (exact) mass is 183 g/mol. The van der Waals surface area contributed by atoms with Crippen molar-refractivity contribution in [2.45, 2.75) is 6.92 Å². The maximum absolute atomic E-state index is 6.04. The van der Waals surface area contributed by atoms with Crippen molar-refractivity contribution in [3.05, 3.63) is 28.2 Å². The van der Waals surface area contributed by atoms with E-state index in [0.717, 1.165) is 20.8 Å². The van der Waals surface area contributed by atoms with Crippen LogP contribution in [-0.4, -0.2) is 4.98 Å². The van der Waals surface area contributed by atoms with Gasteiger partial charge >= 0.3 is 0 Å². The Balaban J connectivity index is 2.93. The van der Waals surface area contributed by atoms with Crippen LogP contribution in [0.2, 0.25) is 5.02 Å². The molecule has 3 heteroatoms. The largest absolute Gasteiger partial charge is 0.255 e. The maximum atomic E-state index is 6.04. The second kappa shape index (κ2) is 2.47. The highest BCUT2D eigenvalue weighted by atomic mass is 35.5. The minimum absolute atomic E-state index is 0.838. The van der Waals surface area contributed by atoms with Gasteiger partial charge in [-0.05, 0) is 23.9 Å². The zero-order valence-corrected chi connectivity index (χ0v) is 7.54. The number of thiophene rings is 1. The van der Waals surface area contributed by atoms with Crippen molar-refractivity contribution in [1.82, 2.24) is 4.98 Å². The highest BCUT2D eigenvalue weighted by molar-refractivity contribution is 7.17. The standard InChI is InChI=1S/C8H6ClNS/c1-5-4-10-6-2-3-11-8(6)7(5)9/h2-4H,1H3. The molecule has 0 aliphatic rings. The summed E-state index contributed by atoms with van der Waals surface area (Å²) >= 11 is 7.67. The lowest BCUT2D eigenvalue weighted by Crippen LogP contribution is -1.78. The number of aryl methyl sites for hydroxylation is 1. The number of halogens is 1. The molecule has 0 spiro atoms. The first kappa shape index (κ1) is 7.07. The van der Waals surface area contributed by atoms with Gasteiger partial charge in [0.15, 0.2) is 0 Å². The van der Waals surface area contributed by atoms with Gasteiger partial charge in [-0.1, -0.05) is 11.6 Å². The smallest absolute Gasteiger partial charge is 0.0825 e. The number of hydrogen-bond acceptors (Lipinski definition) is 2. The third-order valence-corrected chi connectivity index (χ3v) is 3.11. The molecule has 0 aliphatic carbocycles. The van der Waals surface area contributed by atoms with Crippen LogP contribution in [-0.2, 0) is 0 Å². The molecule has 0 N–H and O–H groups in total. The van der Waals surface area contributed by atoms with Crippen LogP contribution in [0.1, 0.15) is 5.56 Å². The van der Waals surface area contributed by atoms with Crippen molar-refractivity contribution >= 4 is 33.2 Å². The fraction of sp³-hybridized carbons (Fsp3) is 0.125. The average Bonchev–Trinajstić information content (AvgIpc) is 2.45. The summed E-state index contributed by atoms with van der Waals surface area (Å²) in [4.78, 5) is 4.23. The molecule has 0 aliphatic heterocycles. The van der Waals surface area contributed by atoms with Crippen LogP contribution in [0.25, 0.3) is 10.2 Å². The van der Waals surface area contributed by atoms with E-state index in [9.17, 15) is 0 Å². The van der Waals surface area contributed by atoms with E-state index in [0.29, 0.717) is 0 Å². The third kappa shape index (κ3) is 1.03. The van der Waals surface area contributed by atoms with Crippen LogP contribution < -0.4 is 0 Å². The maximum Gasteiger partial charge on any atom is 0.0825 e. The van der Waals surface area contributed by atoms with Crippen molar-refractivity contribution < 1.29 is 0 Å². The minimum atomic E-state index is 0.838. The van der Waals surface area contributed by atoms with Crippen LogP contribution in [0.15, 0.2) is 17.6 Å². The van der Waals surface area contributed by atoms with Crippen LogP contribution >= 0.6 is 22.9 Å². The summed E-state index contributed by atoms with van der Waals surface area (Å²) in [5.41, 5.74) is 2.03. The molecule has 2 aromatic heterocycles. The molecule has 2 rings (SSSR count). The molecule has 2 aromatic rings. The highest BCUT2D eigenvalue weighted by Gasteiger charge is 2.02. The van der Waals surface area contributed by atoms with E-state index in [4.69, 9.17) is 11.6 Å². The lowest BCUT2D eigenvalue weighted by atomic mass is 10.3. The molecule has 0 saturated carbocycles. The first-order valence-electron chi connectivity index (χ1n) is 3.27. The van der Waals surface area contributed by atoms with Gasteiger partial charge < -0.3 is 0 Å². The summed E-state index contributed by atoms with van der Waals surface area (Å²) < 4.78 is 1.09.